The molecule has 104 valence electrons. The lowest BCUT2D eigenvalue weighted by molar-refractivity contribution is -0.384. The van der Waals surface area contributed by atoms with Gasteiger partial charge in [0.25, 0.3) is 5.69 Å². The second kappa shape index (κ2) is 5.69. The molecular weight excluding hydrogens is 259 g/mol. The number of nitro groups is 1. The molecule has 0 unspecified atom stereocenters. The Morgan fingerprint density at radius 3 is 2.60 bits per heavy atom. The number of halogens is 1. The zero-order valence-electron chi connectivity index (χ0n) is 11.3. The molecule has 0 aliphatic rings. The number of nitrogens with zero attached hydrogens (tertiary/aromatic N) is 1. The van der Waals surface area contributed by atoms with E-state index in [-0.39, 0.29) is 11.5 Å². The van der Waals surface area contributed by atoms with E-state index >= 15 is 0 Å². The van der Waals surface area contributed by atoms with Crippen LogP contribution >= 0.6 is 0 Å². The molecular formula is C15H15FN2O2. The first-order valence-electron chi connectivity index (χ1n) is 6.21. The van der Waals surface area contributed by atoms with E-state index in [4.69, 9.17) is 0 Å². The van der Waals surface area contributed by atoms with E-state index in [0.29, 0.717) is 12.1 Å². The summed E-state index contributed by atoms with van der Waals surface area (Å²) >= 11 is 0. The minimum atomic E-state index is -0.434. The summed E-state index contributed by atoms with van der Waals surface area (Å²) in [5.74, 6) is -0.261. The first kappa shape index (κ1) is 14.0. The topological polar surface area (TPSA) is 55.2 Å². The smallest absolute Gasteiger partial charge is 0.269 e. The van der Waals surface area contributed by atoms with Crippen LogP contribution in [0.5, 0.6) is 0 Å². The summed E-state index contributed by atoms with van der Waals surface area (Å²) in [6.07, 6.45) is 0. The van der Waals surface area contributed by atoms with Gasteiger partial charge < -0.3 is 5.32 Å². The van der Waals surface area contributed by atoms with Gasteiger partial charge in [0.1, 0.15) is 5.82 Å². The van der Waals surface area contributed by atoms with Crippen LogP contribution in [-0.4, -0.2) is 4.92 Å². The Kier molecular flexibility index (Phi) is 3.98. The Morgan fingerprint density at radius 2 is 1.95 bits per heavy atom. The van der Waals surface area contributed by atoms with Gasteiger partial charge in [0.2, 0.25) is 0 Å². The zero-order chi connectivity index (χ0) is 14.7. The molecule has 0 fully saturated rings. The summed E-state index contributed by atoms with van der Waals surface area (Å²) in [5.41, 5.74) is 3.13. The van der Waals surface area contributed by atoms with Gasteiger partial charge in [-0.15, -0.1) is 0 Å². The van der Waals surface area contributed by atoms with Crippen molar-refractivity contribution in [3.63, 3.8) is 0 Å². The van der Waals surface area contributed by atoms with E-state index < -0.39 is 4.92 Å². The molecule has 0 heterocycles. The second-order valence-electron chi connectivity index (χ2n) is 4.70. The molecule has 0 bridgehead atoms. The number of hydrogen-bond acceptors (Lipinski definition) is 3. The third kappa shape index (κ3) is 3.12. The van der Waals surface area contributed by atoms with Gasteiger partial charge in [0, 0.05) is 29.9 Å². The van der Waals surface area contributed by atoms with Gasteiger partial charge >= 0.3 is 0 Å². The van der Waals surface area contributed by atoms with Gasteiger partial charge in [-0.1, -0.05) is 17.7 Å². The van der Waals surface area contributed by atoms with E-state index in [0.717, 1.165) is 16.8 Å². The van der Waals surface area contributed by atoms with Crippen molar-refractivity contribution in [3.05, 3.63) is 69.0 Å². The van der Waals surface area contributed by atoms with Crippen LogP contribution in [0.15, 0.2) is 36.4 Å². The maximum absolute atomic E-state index is 13.6. The molecule has 0 aromatic heterocycles. The highest BCUT2D eigenvalue weighted by atomic mass is 19.1. The molecule has 20 heavy (non-hydrogen) atoms. The van der Waals surface area contributed by atoms with Gasteiger partial charge in [-0.25, -0.2) is 4.39 Å². The second-order valence-corrected chi connectivity index (χ2v) is 4.70. The minimum absolute atomic E-state index is 0.0507. The summed E-state index contributed by atoms with van der Waals surface area (Å²) < 4.78 is 13.6. The molecule has 0 atom stereocenters. The molecule has 0 amide bonds. The van der Waals surface area contributed by atoms with Crippen molar-refractivity contribution in [2.75, 3.05) is 5.32 Å². The van der Waals surface area contributed by atoms with Crippen molar-refractivity contribution in [3.8, 4) is 0 Å². The molecule has 5 heteroatoms. The van der Waals surface area contributed by atoms with Crippen molar-refractivity contribution in [1.82, 2.24) is 0 Å². The third-order valence-electron chi connectivity index (χ3n) is 3.09. The van der Waals surface area contributed by atoms with Gasteiger partial charge in [-0.05, 0) is 31.5 Å². The Bertz CT molecular complexity index is 656. The van der Waals surface area contributed by atoms with Gasteiger partial charge in [-0.2, -0.15) is 0 Å². The molecule has 4 nitrogen and oxygen atoms in total. The number of non-ortho nitro benzene ring substituents is 1. The van der Waals surface area contributed by atoms with E-state index in [1.54, 1.807) is 25.1 Å². The van der Waals surface area contributed by atoms with E-state index in [1.807, 2.05) is 6.92 Å². The average Bonchev–Trinajstić information content (AvgIpc) is 2.40. The highest BCUT2D eigenvalue weighted by molar-refractivity contribution is 5.55. The molecule has 0 aliphatic carbocycles. The lowest BCUT2D eigenvalue weighted by Gasteiger charge is -2.10. The van der Waals surface area contributed by atoms with E-state index in [9.17, 15) is 14.5 Å². The van der Waals surface area contributed by atoms with Crippen molar-refractivity contribution >= 4 is 11.4 Å². The van der Waals surface area contributed by atoms with Gasteiger partial charge in [-0.3, -0.25) is 10.1 Å². The molecule has 2 rings (SSSR count). The number of aryl methyl sites for hydroxylation is 2. The standard InChI is InChI=1S/C15H15FN2O2/c1-10-3-5-14(16)12(7-10)9-17-15-6-4-13(18(19)20)8-11(15)2/h3-8,17H,9H2,1-2H3. The summed E-state index contributed by atoms with van der Waals surface area (Å²) in [4.78, 5) is 10.2. The summed E-state index contributed by atoms with van der Waals surface area (Å²) in [7, 11) is 0. The molecule has 0 spiro atoms. The SMILES string of the molecule is Cc1ccc(F)c(CNc2ccc([N+](=O)[O-])cc2C)c1. The predicted molar refractivity (Wildman–Crippen MR) is 76.3 cm³/mol. The molecule has 0 saturated carbocycles. The lowest BCUT2D eigenvalue weighted by Crippen LogP contribution is -2.04. The Balaban J connectivity index is 2.15. The summed E-state index contributed by atoms with van der Waals surface area (Å²) in [6.45, 7) is 4.02. The molecule has 1 N–H and O–H groups in total. The maximum atomic E-state index is 13.6. The summed E-state index contributed by atoms with van der Waals surface area (Å²) in [5, 5.41) is 13.8. The monoisotopic (exact) mass is 274 g/mol. The average molecular weight is 274 g/mol. The molecule has 0 radical (unpaired) electrons. The number of nitro benzene ring substituents is 1. The Hall–Kier alpha value is -2.43. The number of rotatable bonds is 4. The van der Waals surface area contributed by atoms with Crippen LogP contribution in [-0.2, 0) is 6.54 Å². The molecule has 2 aromatic carbocycles. The van der Waals surface area contributed by atoms with E-state index in [1.165, 1.54) is 18.2 Å². The molecule has 2 aromatic rings. The Morgan fingerprint density at radius 1 is 1.20 bits per heavy atom. The van der Waals surface area contributed by atoms with Crippen molar-refractivity contribution in [2.45, 2.75) is 20.4 Å². The Labute approximate surface area is 116 Å². The normalized spacial score (nSPS) is 10.3. The summed E-state index contributed by atoms with van der Waals surface area (Å²) in [6, 6.07) is 9.51. The fraction of sp³-hybridized carbons (Fsp3) is 0.200. The number of anilines is 1. The first-order chi connectivity index (χ1) is 9.47. The highest BCUT2D eigenvalue weighted by Gasteiger charge is 2.08. The van der Waals surface area contributed by atoms with Gasteiger partial charge in [0.05, 0.1) is 4.92 Å². The van der Waals surface area contributed by atoms with Crippen molar-refractivity contribution in [2.24, 2.45) is 0 Å². The van der Waals surface area contributed by atoms with Crippen LogP contribution in [0, 0.1) is 29.8 Å². The number of hydrogen-bond donors (Lipinski definition) is 1. The molecule has 0 aliphatic heterocycles. The number of nitrogens with one attached hydrogen (secondary N) is 1. The largest absolute Gasteiger partial charge is 0.381 e. The fourth-order valence-electron chi connectivity index (χ4n) is 1.99. The van der Waals surface area contributed by atoms with Crippen LogP contribution in [0.25, 0.3) is 0 Å². The van der Waals surface area contributed by atoms with Crippen LogP contribution < -0.4 is 5.32 Å². The van der Waals surface area contributed by atoms with Gasteiger partial charge in [0.15, 0.2) is 0 Å². The first-order valence-corrected chi connectivity index (χ1v) is 6.21. The van der Waals surface area contributed by atoms with Crippen molar-refractivity contribution < 1.29 is 9.31 Å². The minimum Gasteiger partial charge on any atom is -0.381 e. The van der Waals surface area contributed by atoms with Crippen LogP contribution in [0.1, 0.15) is 16.7 Å². The quantitative estimate of drug-likeness (QED) is 0.678. The van der Waals surface area contributed by atoms with Crippen molar-refractivity contribution in [1.29, 1.82) is 0 Å². The third-order valence-corrected chi connectivity index (χ3v) is 3.09. The zero-order valence-corrected chi connectivity index (χ0v) is 11.3. The lowest BCUT2D eigenvalue weighted by atomic mass is 10.1. The van der Waals surface area contributed by atoms with E-state index in [2.05, 4.69) is 5.32 Å². The van der Waals surface area contributed by atoms with Crippen LogP contribution in [0.4, 0.5) is 15.8 Å². The number of benzene rings is 2. The van der Waals surface area contributed by atoms with Crippen LogP contribution in [0.3, 0.4) is 0 Å². The predicted octanol–water partition coefficient (Wildman–Crippen LogP) is 3.96. The van der Waals surface area contributed by atoms with Crippen LogP contribution in [0.2, 0.25) is 0 Å². The molecule has 0 saturated heterocycles. The highest BCUT2D eigenvalue weighted by Crippen LogP contribution is 2.22. The maximum Gasteiger partial charge on any atom is 0.269 e. The fourth-order valence-corrected chi connectivity index (χ4v) is 1.99.